The molecule has 6 nitrogen and oxygen atoms in total. The van der Waals surface area contributed by atoms with Gasteiger partial charge < -0.3 is 14.4 Å². The number of rotatable bonds is 3. The van der Waals surface area contributed by atoms with Crippen LogP contribution in [0.5, 0.6) is 0 Å². The van der Waals surface area contributed by atoms with Crippen LogP contribution in [0.1, 0.15) is 27.5 Å². The molecule has 1 aromatic carbocycles. The molecule has 3 heterocycles. The summed E-state index contributed by atoms with van der Waals surface area (Å²) in [6.45, 7) is 4.67. The minimum Gasteiger partial charge on any atom is -0.461 e. The van der Waals surface area contributed by atoms with Crippen molar-refractivity contribution in [1.82, 2.24) is 15.1 Å². The van der Waals surface area contributed by atoms with Crippen molar-refractivity contribution in [3.8, 4) is 0 Å². The predicted molar refractivity (Wildman–Crippen MR) is 93.4 cm³/mol. The molecule has 3 aromatic rings. The van der Waals surface area contributed by atoms with E-state index in [1.807, 2.05) is 38.1 Å². The summed E-state index contributed by atoms with van der Waals surface area (Å²) in [6.07, 6.45) is 0.109. The molecule has 2 atom stereocenters. The van der Waals surface area contributed by atoms with Gasteiger partial charge in [0.2, 0.25) is 0 Å². The average molecular weight is 339 g/mol. The monoisotopic (exact) mass is 339 g/mol. The number of likely N-dealkylation sites (tertiary alicyclic amines) is 1. The highest BCUT2D eigenvalue weighted by Gasteiger charge is 2.35. The third kappa shape index (κ3) is 2.93. The highest BCUT2D eigenvalue weighted by Crippen LogP contribution is 2.27. The zero-order valence-electron chi connectivity index (χ0n) is 14.3. The number of aliphatic hydroxyl groups excluding tert-OH is 1. The molecular formula is C19H21N3O3. The number of fused-ring (bicyclic) bond motifs is 1. The topological polar surface area (TPSA) is 82.4 Å². The number of nitrogens with one attached hydrogen (secondary N) is 1. The fourth-order valence-corrected chi connectivity index (χ4v) is 3.60. The van der Waals surface area contributed by atoms with Crippen LogP contribution in [0.25, 0.3) is 11.0 Å². The van der Waals surface area contributed by atoms with E-state index in [0.717, 1.165) is 22.5 Å². The lowest BCUT2D eigenvalue weighted by Crippen LogP contribution is -2.29. The summed E-state index contributed by atoms with van der Waals surface area (Å²) < 4.78 is 5.71. The highest BCUT2D eigenvalue weighted by molar-refractivity contribution is 6.05. The van der Waals surface area contributed by atoms with Gasteiger partial charge in [0.05, 0.1) is 17.4 Å². The van der Waals surface area contributed by atoms with Gasteiger partial charge in [0.15, 0.2) is 0 Å². The molecule has 4 rings (SSSR count). The Labute approximate surface area is 145 Å². The van der Waals surface area contributed by atoms with E-state index in [1.54, 1.807) is 11.0 Å². The van der Waals surface area contributed by atoms with Crippen LogP contribution in [0.4, 0.5) is 0 Å². The second kappa shape index (κ2) is 6.04. The van der Waals surface area contributed by atoms with Crippen molar-refractivity contribution in [3.05, 3.63) is 53.0 Å². The highest BCUT2D eigenvalue weighted by atomic mass is 16.3. The van der Waals surface area contributed by atoms with Crippen molar-refractivity contribution in [2.75, 3.05) is 13.1 Å². The van der Waals surface area contributed by atoms with Crippen LogP contribution in [0.2, 0.25) is 0 Å². The number of nitrogens with zero attached hydrogens (tertiary/aromatic N) is 2. The number of furan rings is 1. The lowest BCUT2D eigenvalue weighted by Gasteiger charge is -2.16. The molecule has 6 heteroatoms. The molecule has 0 aliphatic carbocycles. The number of hydrogen-bond donors (Lipinski definition) is 2. The molecule has 0 saturated carbocycles. The third-order valence-electron chi connectivity index (χ3n) is 4.82. The van der Waals surface area contributed by atoms with Gasteiger partial charge in [-0.05, 0) is 38.5 Å². The first-order valence-electron chi connectivity index (χ1n) is 8.48. The largest absolute Gasteiger partial charge is 0.461 e. The summed E-state index contributed by atoms with van der Waals surface area (Å²) >= 11 is 0. The zero-order valence-corrected chi connectivity index (χ0v) is 14.3. The van der Waals surface area contributed by atoms with Gasteiger partial charge >= 0.3 is 0 Å². The van der Waals surface area contributed by atoms with Crippen LogP contribution in [0.15, 0.2) is 34.7 Å². The van der Waals surface area contributed by atoms with Crippen LogP contribution in [-0.4, -0.2) is 45.3 Å². The molecule has 2 aromatic heterocycles. The maximum Gasteiger partial charge on any atom is 0.257 e. The van der Waals surface area contributed by atoms with Crippen LogP contribution in [0, 0.1) is 19.8 Å². The molecule has 1 saturated heterocycles. The lowest BCUT2D eigenvalue weighted by molar-refractivity contribution is 0.0765. The van der Waals surface area contributed by atoms with Crippen LogP contribution >= 0.6 is 0 Å². The smallest absolute Gasteiger partial charge is 0.257 e. The fraction of sp³-hybridized carbons (Fsp3) is 0.368. The molecule has 2 N–H and O–H groups in total. The molecule has 0 bridgehead atoms. The van der Waals surface area contributed by atoms with E-state index in [-0.39, 0.29) is 11.8 Å². The second-order valence-corrected chi connectivity index (χ2v) is 6.86. The van der Waals surface area contributed by atoms with E-state index in [2.05, 4.69) is 10.2 Å². The van der Waals surface area contributed by atoms with E-state index in [0.29, 0.717) is 30.7 Å². The van der Waals surface area contributed by atoms with Gasteiger partial charge in [-0.1, -0.05) is 12.1 Å². The quantitative estimate of drug-likeness (QED) is 0.768. The summed E-state index contributed by atoms with van der Waals surface area (Å²) in [6, 6.07) is 9.48. The first-order valence-corrected chi connectivity index (χ1v) is 8.48. The molecule has 0 radical (unpaired) electrons. The molecule has 0 unspecified atom stereocenters. The Hall–Kier alpha value is -2.60. The van der Waals surface area contributed by atoms with E-state index < -0.39 is 6.10 Å². The average Bonchev–Trinajstić information content (AvgIpc) is 3.25. The summed E-state index contributed by atoms with van der Waals surface area (Å²) in [5.74, 6) is 0.674. The number of β-amino-alcohol motifs (C(OH)–C–C–N with tert-alkyl or cyclic N) is 1. The predicted octanol–water partition coefficient (Wildman–Crippen LogP) is 2.45. The molecule has 1 fully saturated rings. The summed E-state index contributed by atoms with van der Waals surface area (Å²) in [4.78, 5) is 14.7. The number of aryl methyl sites for hydroxylation is 2. The number of para-hydroxylation sites is 1. The number of amides is 1. The fourth-order valence-electron chi connectivity index (χ4n) is 3.60. The molecular weight excluding hydrogens is 318 g/mol. The lowest BCUT2D eigenvalue weighted by atomic mass is 10.00. The number of hydrogen-bond acceptors (Lipinski definition) is 4. The summed E-state index contributed by atoms with van der Waals surface area (Å²) in [7, 11) is 0. The second-order valence-electron chi connectivity index (χ2n) is 6.86. The SMILES string of the molecule is Cc1cc(C[C@@H]2CN(C(=O)c3cccc4cc(C)oc34)C[C@H]2O)n[nH]1. The van der Waals surface area contributed by atoms with Gasteiger partial charge in [-0.15, -0.1) is 0 Å². The number of benzene rings is 1. The summed E-state index contributed by atoms with van der Waals surface area (Å²) in [5.41, 5.74) is 3.08. The minimum atomic E-state index is -0.543. The zero-order chi connectivity index (χ0) is 17.6. The molecule has 1 aliphatic heterocycles. The minimum absolute atomic E-state index is 0.0100. The van der Waals surface area contributed by atoms with Crippen LogP contribution in [0.3, 0.4) is 0 Å². The number of aromatic amines is 1. The van der Waals surface area contributed by atoms with Gasteiger partial charge in [0, 0.05) is 30.1 Å². The Balaban J connectivity index is 1.54. The number of aliphatic hydroxyl groups is 1. The van der Waals surface area contributed by atoms with Gasteiger partial charge in [-0.25, -0.2) is 0 Å². The Kier molecular flexibility index (Phi) is 3.84. The molecule has 0 spiro atoms. The summed E-state index contributed by atoms with van der Waals surface area (Å²) in [5, 5.41) is 18.5. The molecule has 130 valence electrons. The molecule has 1 aliphatic rings. The number of carbonyl (C=O) groups is 1. The Morgan fingerprint density at radius 1 is 1.36 bits per heavy atom. The van der Waals surface area contributed by atoms with Gasteiger partial charge in [-0.3, -0.25) is 9.89 Å². The van der Waals surface area contributed by atoms with Crippen molar-refractivity contribution >= 4 is 16.9 Å². The Morgan fingerprint density at radius 3 is 2.96 bits per heavy atom. The maximum atomic E-state index is 13.0. The first kappa shape index (κ1) is 15.9. The van der Waals surface area contributed by atoms with Crippen LogP contribution in [-0.2, 0) is 6.42 Å². The Morgan fingerprint density at radius 2 is 2.20 bits per heavy atom. The normalized spacial score (nSPS) is 20.5. The van der Waals surface area contributed by atoms with E-state index in [4.69, 9.17) is 4.42 Å². The van der Waals surface area contributed by atoms with Crippen molar-refractivity contribution in [2.24, 2.45) is 5.92 Å². The van der Waals surface area contributed by atoms with E-state index in [9.17, 15) is 9.90 Å². The molecule has 25 heavy (non-hydrogen) atoms. The van der Waals surface area contributed by atoms with Gasteiger partial charge in [0.1, 0.15) is 11.3 Å². The standard InChI is InChI=1S/C19H21N3O3/c1-11-6-15(21-20-11)8-14-9-22(10-17(14)23)19(24)16-5-3-4-13-7-12(2)25-18(13)16/h3-7,14,17,23H,8-10H2,1-2H3,(H,20,21)/t14-,17-/m1/s1. The first-order chi connectivity index (χ1) is 12.0. The Bertz CT molecular complexity index is 927. The number of aromatic nitrogens is 2. The van der Waals surface area contributed by atoms with Crippen LogP contribution < -0.4 is 0 Å². The van der Waals surface area contributed by atoms with Gasteiger partial charge in [-0.2, -0.15) is 5.10 Å². The molecule has 1 amide bonds. The number of H-pyrrole nitrogens is 1. The van der Waals surface area contributed by atoms with Crippen molar-refractivity contribution in [2.45, 2.75) is 26.4 Å². The van der Waals surface area contributed by atoms with Crippen molar-refractivity contribution in [1.29, 1.82) is 0 Å². The van der Waals surface area contributed by atoms with E-state index >= 15 is 0 Å². The van der Waals surface area contributed by atoms with Gasteiger partial charge in [0.25, 0.3) is 5.91 Å². The maximum absolute atomic E-state index is 13.0. The van der Waals surface area contributed by atoms with E-state index in [1.165, 1.54) is 0 Å². The number of carbonyl (C=O) groups excluding carboxylic acids is 1. The van der Waals surface area contributed by atoms with Crippen molar-refractivity contribution < 1.29 is 14.3 Å². The van der Waals surface area contributed by atoms with Crippen molar-refractivity contribution in [3.63, 3.8) is 0 Å². The third-order valence-corrected chi connectivity index (χ3v) is 4.82.